The molecule has 122 valence electrons. The summed E-state index contributed by atoms with van der Waals surface area (Å²) >= 11 is 0. The van der Waals surface area contributed by atoms with Crippen LogP contribution in [0.1, 0.15) is 18.4 Å². The number of carbonyl (C=O) groups is 3. The average Bonchev–Trinajstić information content (AvgIpc) is 2.54. The Balaban J connectivity index is 1.61. The molecule has 3 rings (SSSR count). The number of amides is 3. The summed E-state index contributed by atoms with van der Waals surface area (Å²) in [6.07, 6.45) is 1.49. The Morgan fingerprint density at radius 2 is 2.04 bits per heavy atom. The highest BCUT2D eigenvalue weighted by Crippen LogP contribution is 2.29. The van der Waals surface area contributed by atoms with Gasteiger partial charge in [0.15, 0.2) is 6.61 Å². The van der Waals surface area contributed by atoms with Crippen LogP contribution in [0, 0.1) is 5.92 Å². The largest absolute Gasteiger partial charge is 0.482 e. The van der Waals surface area contributed by atoms with Gasteiger partial charge in [0, 0.05) is 19.0 Å². The molecule has 0 aliphatic carbocycles. The Bertz CT molecular complexity index is 651. The number of benzene rings is 1. The Kier molecular flexibility index (Phi) is 4.18. The molecule has 1 saturated heterocycles. The quantitative estimate of drug-likeness (QED) is 0.836. The van der Waals surface area contributed by atoms with Crippen molar-refractivity contribution in [3.63, 3.8) is 0 Å². The number of likely N-dealkylation sites (tertiary alicyclic amines) is 1. The van der Waals surface area contributed by atoms with Crippen LogP contribution in [0.25, 0.3) is 0 Å². The van der Waals surface area contributed by atoms with E-state index < -0.39 is 0 Å². The molecule has 1 aromatic rings. The van der Waals surface area contributed by atoms with Crippen molar-refractivity contribution < 1.29 is 19.1 Å². The van der Waals surface area contributed by atoms with Crippen molar-refractivity contribution in [2.24, 2.45) is 11.7 Å². The lowest BCUT2D eigenvalue weighted by Gasteiger charge is -2.30. The lowest BCUT2D eigenvalue weighted by atomic mass is 9.96. The molecule has 0 unspecified atom stereocenters. The molecule has 2 aliphatic rings. The van der Waals surface area contributed by atoms with Gasteiger partial charge in [-0.15, -0.1) is 0 Å². The molecule has 23 heavy (non-hydrogen) atoms. The van der Waals surface area contributed by atoms with E-state index in [1.165, 1.54) is 0 Å². The summed E-state index contributed by atoms with van der Waals surface area (Å²) in [5.74, 6) is 0.00572. The number of hydrogen-bond acceptors (Lipinski definition) is 4. The van der Waals surface area contributed by atoms with E-state index in [-0.39, 0.29) is 36.7 Å². The van der Waals surface area contributed by atoms with Gasteiger partial charge in [0.2, 0.25) is 11.8 Å². The van der Waals surface area contributed by atoms with Crippen molar-refractivity contribution >= 4 is 23.4 Å². The zero-order chi connectivity index (χ0) is 16.4. The molecule has 2 heterocycles. The smallest absolute Gasteiger partial charge is 0.262 e. The number of anilines is 1. The highest BCUT2D eigenvalue weighted by molar-refractivity contribution is 5.95. The van der Waals surface area contributed by atoms with Crippen LogP contribution in [0.15, 0.2) is 18.2 Å². The third-order valence-corrected chi connectivity index (χ3v) is 4.28. The lowest BCUT2D eigenvalue weighted by Crippen LogP contribution is -2.42. The number of nitrogens with one attached hydrogen (secondary N) is 1. The summed E-state index contributed by atoms with van der Waals surface area (Å²) in [5.41, 5.74) is 6.71. The maximum Gasteiger partial charge on any atom is 0.262 e. The topological polar surface area (TPSA) is 102 Å². The molecule has 0 spiro atoms. The number of fused-ring (bicyclic) bond motifs is 1. The Morgan fingerprint density at radius 3 is 2.74 bits per heavy atom. The van der Waals surface area contributed by atoms with Crippen LogP contribution in [0.5, 0.6) is 5.75 Å². The standard InChI is InChI=1S/C16H19N3O4/c17-16(22)11-3-5-19(6-4-11)15(21)8-10-1-2-13-12(7-10)18-14(20)9-23-13/h1-2,7,11H,3-6,8-9H2,(H2,17,22)(H,18,20). The molecule has 3 N–H and O–H groups in total. The molecule has 7 heteroatoms. The van der Waals surface area contributed by atoms with E-state index in [0.717, 1.165) is 5.56 Å². The van der Waals surface area contributed by atoms with Crippen LogP contribution in [0.2, 0.25) is 0 Å². The molecule has 0 radical (unpaired) electrons. The third kappa shape index (κ3) is 3.44. The molecular formula is C16H19N3O4. The van der Waals surface area contributed by atoms with Crippen molar-refractivity contribution in [1.29, 1.82) is 0 Å². The minimum Gasteiger partial charge on any atom is -0.482 e. The van der Waals surface area contributed by atoms with E-state index in [9.17, 15) is 14.4 Å². The number of primary amides is 1. The number of rotatable bonds is 3. The van der Waals surface area contributed by atoms with Crippen molar-refractivity contribution in [3.8, 4) is 5.75 Å². The predicted octanol–water partition coefficient (Wildman–Crippen LogP) is 0.284. The molecule has 0 aromatic heterocycles. The molecule has 0 atom stereocenters. The minimum absolute atomic E-state index is 0.0101. The van der Waals surface area contributed by atoms with Crippen LogP contribution in [0.3, 0.4) is 0 Å². The van der Waals surface area contributed by atoms with Crippen molar-refractivity contribution in [1.82, 2.24) is 4.90 Å². The van der Waals surface area contributed by atoms with Gasteiger partial charge in [-0.2, -0.15) is 0 Å². The van der Waals surface area contributed by atoms with Crippen molar-refractivity contribution in [3.05, 3.63) is 23.8 Å². The van der Waals surface area contributed by atoms with Gasteiger partial charge in [0.1, 0.15) is 5.75 Å². The van der Waals surface area contributed by atoms with E-state index in [1.54, 1.807) is 17.0 Å². The molecule has 3 amide bonds. The van der Waals surface area contributed by atoms with Crippen LogP contribution in [-0.2, 0) is 20.8 Å². The van der Waals surface area contributed by atoms with E-state index in [4.69, 9.17) is 10.5 Å². The summed E-state index contributed by atoms with van der Waals surface area (Å²) < 4.78 is 5.30. The highest BCUT2D eigenvalue weighted by Gasteiger charge is 2.26. The SMILES string of the molecule is NC(=O)C1CCN(C(=O)Cc2ccc3c(c2)NC(=O)CO3)CC1. The van der Waals surface area contributed by atoms with Crippen molar-refractivity contribution in [2.75, 3.05) is 25.0 Å². The molecular weight excluding hydrogens is 298 g/mol. The van der Waals surface area contributed by atoms with Gasteiger partial charge in [-0.1, -0.05) is 6.07 Å². The first-order chi connectivity index (χ1) is 11.0. The molecule has 2 aliphatic heterocycles. The number of piperidine rings is 1. The minimum atomic E-state index is -0.289. The lowest BCUT2D eigenvalue weighted by molar-refractivity contribution is -0.134. The van der Waals surface area contributed by atoms with Crippen LogP contribution in [0.4, 0.5) is 5.69 Å². The first kappa shape index (κ1) is 15.3. The summed E-state index contributed by atoms with van der Waals surface area (Å²) in [5, 5.41) is 2.73. The Labute approximate surface area is 133 Å². The van der Waals surface area contributed by atoms with Crippen LogP contribution in [-0.4, -0.2) is 42.3 Å². The summed E-state index contributed by atoms with van der Waals surface area (Å²) in [7, 11) is 0. The maximum absolute atomic E-state index is 12.4. The van der Waals surface area contributed by atoms with E-state index in [2.05, 4.69) is 5.32 Å². The van der Waals surface area contributed by atoms with Gasteiger partial charge >= 0.3 is 0 Å². The van der Waals surface area contributed by atoms with Gasteiger partial charge in [0.05, 0.1) is 12.1 Å². The average molecular weight is 317 g/mol. The van der Waals surface area contributed by atoms with Gasteiger partial charge < -0.3 is 20.7 Å². The Hall–Kier alpha value is -2.57. The number of carbonyl (C=O) groups excluding carboxylic acids is 3. The van der Waals surface area contributed by atoms with E-state index >= 15 is 0 Å². The van der Waals surface area contributed by atoms with Gasteiger partial charge in [-0.05, 0) is 30.5 Å². The Morgan fingerprint density at radius 1 is 1.30 bits per heavy atom. The number of nitrogens with zero attached hydrogens (tertiary/aromatic N) is 1. The molecule has 7 nitrogen and oxygen atoms in total. The van der Waals surface area contributed by atoms with E-state index in [0.29, 0.717) is 37.4 Å². The first-order valence-electron chi connectivity index (χ1n) is 7.65. The zero-order valence-corrected chi connectivity index (χ0v) is 12.7. The predicted molar refractivity (Wildman–Crippen MR) is 82.8 cm³/mol. The number of ether oxygens (including phenoxy) is 1. The van der Waals surface area contributed by atoms with Crippen LogP contribution < -0.4 is 15.8 Å². The maximum atomic E-state index is 12.4. The second-order valence-electron chi connectivity index (χ2n) is 5.90. The van der Waals surface area contributed by atoms with Gasteiger partial charge in [0.25, 0.3) is 5.91 Å². The van der Waals surface area contributed by atoms with Gasteiger partial charge in [-0.3, -0.25) is 14.4 Å². The highest BCUT2D eigenvalue weighted by atomic mass is 16.5. The van der Waals surface area contributed by atoms with Crippen LogP contribution >= 0.6 is 0 Å². The van der Waals surface area contributed by atoms with Gasteiger partial charge in [-0.25, -0.2) is 0 Å². The molecule has 1 aromatic carbocycles. The third-order valence-electron chi connectivity index (χ3n) is 4.28. The zero-order valence-electron chi connectivity index (χ0n) is 12.7. The second-order valence-corrected chi connectivity index (χ2v) is 5.90. The molecule has 0 saturated carbocycles. The number of nitrogens with two attached hydrogens (primary N) is 1. The second kappa shape index (κ2) is 6.28. The first-order valence-corrected chi connectivity index (χ1v) is 7.65. The van der Waals surface area contributed by atoms with E-state index in [1.807, 2.05) is 6.07 Å². The number of hydrogen-bond donors (Lipinski definition) is 2. The fourth-order valence-corrected chi connectivity index (χ4v) is 2.94. The van der Waals surface area contributed by atoms with Crippen molar-refractivity contribution in [2.45, 2.75) is 19.3 Å². The normalized spacial score (nSPS) is 17.9. The summed E-state index contributed by atoms with van der Waals surface area (Å²) in [6.45, 7) is 1.12. The summed E-state index contributed by atoms with van der Waals surface area (Å²) in [6, 6.07) is 5.35. The fraction of sp³-hybridized carbons (Fsp3) is 0.438. The molecule has 0 bridgehead atoms. The summed E-state index contributed by atoms with van der Waals surface area (Å²) in [4.78, 5) is 36.6. The fourth-order valence-electron chi connectivity index (χ4n) is 2.94. The monoisotopic (exact) mass is 317 g/mol. The molecule has 1 fully saturated rings.